The molecule has 1 aromatic rings. The average Bonchev–Trinajstić information content (AvgIpc) is 2.82. The number of nitrogens with one attached hydrogen (secondary N) is 1. The molecule has 0 amide bonds. The lowest BCUT2D eigenvalue weighted by atomic mass is 10.0. The van der Waals surface area contributed by atoms with Gasteiger partial charge in [-0.2, -0.15) is 17.4 Å². The van der Waals surface area contributed by atoms with E-state index in [0.717, 1.165) is 21.5 Å². The van der Waals surface area contributed by atoms with Gasteiger partial charge in [-0.25, -0.2) is 0 Å². The summed E-state index contributed by atoms with van der Waals surface area (Å²) in [5.74, 6) is 0.0567. The van der Waals surface area contributed by atoms with Crippen LogP contribution in [0.2, 0.25) is 0 Å². The minimum absolute atomic E-state index is 0.0455. The molecule has 5 nitrogen and oxygen atoms in total. The number of rotatable bonds is 5. The van der Waals surface area contributed by atoms with Crippen molar-refractivity contribution >= 4 is 37.5 Å². The van der Waals surface area contributed by atoms with E-state index in [1.165, 1.54) is 15.6 Å². The van der Waals surface area contributed by atoms with Crippen LogP contribution in [0.15, 0.2) is 15.9 Å². The summed E-state index contributed by atoms with van der Waals surface area (Å²) >= 11 is 4.86. The second-order valence-corrected chi connectivity index (χ2v) is 8.88. The van der Waals surface area contributed by atoms with Crippen LogP contribution < -0.4 is 4.72 Å². The quantitative estimate of drug-likeness (QED) is 0.828. The minimum Gasteiger partial charge on any atom is -0.396 e. The highest BCUT2D eigenvalue weighted by atomic mass is 79.9. The second kappa shape index (κ2) is 6.64. The largest absolute Gasteiger partial charge is 0.396 e. The van der Waals surface area contributed by atoms with Crippen molar-refractivity contribution in [2.24, 2.45) is 5.92 Å². The van der Waals surface area contributed by atoms with Crippen LogP contribution in [0.3, 0.4) is 0 Å². The molecular weight excluding hydrogens is 352 g/mol. The standard InChI is InChI=1S/C11H17BrN2O3S2/c12-11-4-3-10(18-11)6-13-19(16,17)14-5-1-2-9(7-14)8-15/h3-4,9,13,15H,1-2,5-8H2. The highest BCUT2D eigenvalue weighted by Gasteiger charge is 2.28. The van der Waals surface area contributed by atoms with Crippen LogP contribution in [0.25, 0.3) is 0 Å². The molecule has 1 atom stereocenters. The Kier molecular flexibility index (Phi) is 5.38. The molecule has 8 heteroatoms. The molecule has 2 N–H and O–H groups in total. The van der Waals surface area contributed by atoms with Crippen molar-refractivity contribution in [2.75, 3.05) is 19.7 Å². The molecule has 108 valence electrons. The molecule has 0 bridgehead atoms. The van der Waals surface area contributed by atoms with Crippen molar-refractivity contribution in [1.82, 2.24) is 9.03 Å². The van der Waals surface area contributed by atoms with Crippen molar-refractivity contribution in [3.63, 3.8) is 0 Å². The molecule has 1 saturated heterocycles. The van der Waals surface area contributed by atoms with Crippen molar-refractivity contribution < 1.29 is 13.5 Å². The van der Waals surface area contributed by atoms with E-state index in [2.05, 4.69) is 20.7 Å². The van der Waals surface area contributed by atoms with E-state index < -0.39 is 10.2 Å². The number of hydrogen-bond donors (Lipinski definition) is 2. The molecule has 2 rings (SSSR count). The predicted octanol–water partition coefficient (Wildman–Crippen LogP) is 1.55. The van der Waals surface area contributed by atoms with Crippen LogP contribution in [0.4, 0.5) is 0 Å². The summed E-state index contributed by atoms with van der Waals surface area (Å²) in [5.41, 5.74) is 0. The SMILES string of the molecule is O=S(=O)(NCc1ccc(Br)s1)N1CCCC(CO)C1. The van der Waals surface area contributed by atoms with E-state index in [-0.39, 0.29) is 12.5 Å². The summed E-state index contributed by atoms with van der Waals surface area (Å²) in [6.45, 7) is 1.28. The molecular formula is C11H17BrN2O3S2. The summed E-state index contributed by atoms with van der Waals surface area (Å²) in [7, 11) is -3.45. The summed E-state index contributed by atoms with van der Waals surface area (Å²) < 4.78 is 29.3. The van der Waals surface area contributed by atoms with Gasteiger partial charge in [0.25, 0.3) is 10.2 Å². The third-order valence-corrected chi connectivity index (χ3v) is 6.28. The smallest absolute Gasteiger partial charge is 0.279 e. The molecule has 0 spiro atoms. The van der Waals surface area contributed by atoms with Crippen molar-refractivity contribution in [1.29, 1.82) is 0 Å². The third kappa shape index (κ3) is 4.24. The van der Waals surface area contributed by atoms with Gasteiger partial charge in [0.15, 0.2) is 0 Å². The number of thiophene rings is 1. The van der Waals surface area contributed by atoms with E-state index in [4.69, 9.17) is 5.11 Å². The van der Waals surface area contributed by atoms with Crippen LogP contribution in [0, 0.1) is 5.92 Å². The first kappa shape index (κ1) is 15.4. The second-order valence-electron chi connectivity index (χ2n) is 4.58. The molecule has 0 saturated carbocycles. The molecule has 0 aliphatic carbocycles. The molecule has 1 aliphatic rings. The molecule has 1 fully saturated rings. The number of aliphatic hydroxyl groups is 1. The van der Waals surface area contributed by atoms with E-state index >= 15 is 0 Å². The lowest BCUT2D eigenvalue weighted by Gasteiger charge is -2.30. The minimum atomic E-state index is -3.45. The lowest BCUT2D eigenvalue weighted by molar-refractivity contribution is 0.164. The molecule has 0 aromatic carbocycles. The van der Waals surface area contributed by atoms with Crippen molar-refractivity contribution in [3.8, 4) is 0 Å². The van der Waals surface area contributed by atoms with Gasteiger partial charge in [-0.05, 0) is 46.8 Å². The molecule has 1 aromatic heterocycles. The lowest BCUT2D eigenvalue weighted by Crippen LogP contribution is -2.46. The van der Waals surface area contributed by atoms with Crippen LogP contribution in [-0.4, -0.2) is 37.5 Å². The van der Waals surface area contributed by atoms with Gasteiger partial charge in [0.05, 0.1) is 3.79 Å². The maximum Gasteiger partial charge on any atom is 0.279 e. The van der Waals surface area contributed by atoms with E-state index in [1.54, 1.807) is 0 Å². The van der Waals surface area contributed by atoms with Gasteiger partial charge >= 0.3 is 0 Å². The van der Waals surface area contributed by atoms with Gasteiger partial charge < -0.3 is 5.11 Å². The number of hydrogen-bond acceptors (Lipinski definition) is 4. The van der Waals surface area contributed by atoms with Gasteiger partial charge in [-0.15, -0.1) is 11.3 Å². The topological polar surface area (TPSA) is 69.6 Å². The zero-order valence-corrected chi connectivity index (χ0v) is 13.6. The zero-order chi connectivity index (χ0) is 13.9. The van der Waals surface area contributed by atoms with Crippen LogP contribution in [0.1, 0.15) is 17.7 Å². The summed E-state index contributed by atoms with van der Waals surface area (Å²) in [6.07, 6.45) is 1.69. The number of piperidine rings is 1. The Bertz CT molecular complexity index is 518. The van der Waals surface area contributed by atoms with E-state index in [0.29, 0.717) is 19.6 Å². The highest BCUT2D eigenvalue weighted by molar-refractivity contribution is 9.11. The van der Waals surface area contributed by atoms with E-state index in [9.17, 15) is 8.42 Å². The fraction of sp³-hybridized carbons (Fsp3) is 0.636. The Labute approximate surface area is 125 Å². The molecule has 2 heterocycles. The molecule has 1 unspecified atom stereocenters. The fourth-order valence-corrected chi connectivity index (χ4v) is 4.91. The third-order valence-electron chi connectivity index (χ3n) is 3.14. The normalized spacial score (nSPS) is 21.7. The Morgan fingerprint density at radius 3 is 2.95 bits per heavy atom. The zero-order valence-electron chi connectivity index (χ0n) is 10.4. The Hall–Kier alpha value is 0.01000. The van der Waals surface area contributed by atoms with Crippen LogP contribution in [-0.2, 0) is 16.8 Å². The van der Waals surface area contributed by atoms with Crippen LogP contribution in [0.5, 0.6) is 0 Å². The van der Waals surface area contributed by atoms with Gasteiger partial charge in [-0.1, -0.05) is 0 Å². The van der Waals surface area contributed by atoms with Gasteiger partial charge in [0.1, 0.15) is 0 Å². The fourth-order valence-electron chi connectivity index (χ4n) is 2.09. The number of nitrogens with zero attached hydrogens (tertiary/aromatic N) is 1. The van der Waals surface area contributed by atoms with Crippen molar-refractivity contribution in [3.05, 3.63) is 20.8 Å². The number of halogens is 1. The Morgan fingerprint density at radius 1 is 1.53 bits per heavy atom. The first-order chi connectivity index (χ1) is 9.01. The highest BCUT2D eigenvalue weighted by Crippen LogP contribution is 2.22. The van der Waals surface area contributed by atoms with Crippen LogP contribution >= 0.6 is 27.3 Å². The summed E-state index contributed by atoms with van der Waals surface area (Å²) in [5, 5.41) is 9.14. The Morgan fingerprint density at radius 2 is 2.32 bits per heavy atom. The van der Waals surface area contributed by atoms with Gasteiger partial charge in [0, 0.05) is 31.1 Å². The van der Waals surface area contributed by atoms with Gasteiger partial charge in [-0.3, -0.25) is 0 Å². The first-order valence-corrected chi connectivity index (χ1v) is 9.16. The number of aliphatic hydroxyl groups excluding tert-OH is 1. The molecule has 19 heavy (non-hydrogen) atoms. The van der Waals surface area contributed by atoms with E-state index in [1.807, 2.05) is 12.1 Å². The molecule has 1 aliphatic heterocycles. The average molecular weight is 369 g/mol. The van der Waals surface area contributed by atoms with Gasteiger partial charge in [0.2, 0.25) is 0 Å². The molecule has 0 radical (unpaired) electrons. The predicted molar refractivity (Wildman–Crippen MR) is 79.2 cm³/mol. The Balaban J connectivity index is 1.94. The monoisotopic (exact) mass is 368 g/mol. The van der Waals surface area contributed by atoms with Crippen molar-refractivity contribution in [2.45, 2.75) is 19.4 Å². The maximum absolute atomic E-state index is 12.2. The maximum atomic E-state index is 12.2. The first-order valence-electron chi connectivity index (χ1n) is 6.11. The summed E-state index contributed by atoms with van der Waals surface area (Å²) in [6, 6.07) is 3.79. The summed E-state index contributed by atoms with van der Waals surface area (Å²) in [4.78, 5) is 0.964.